The molecular weight excluding hydrogens is 348 g/mol. The lowest BCUT2D eigenvalue weighted by Gasteiger charge is -2.01. The van der Waals surface area contributed by atoms with Crippen molar-refractivity contribution >= 4 is 35.1 Å². The van der Waals surface area contributed by atoms with E-state index in [2.05, 4.69) is 20.5 Å². The van der Waals surface area contributed by atoms with Gasteiger partial charge in [-0.05, 0) is 35.2 Å². The molecule has 8 heteroatoms. The maximum atomic E-state index is 12.1. The molecule has 0 fully saturated rings. The zero-order valence-electron chi connectivity index (χ0n) is 12.2. The second-order valence-corrected chi connectivity index (χ2v) is 6.10. The molecule has 0 aliphatic rings. The number of rotatable bonds is 4. The Hall–Kier alpha value is -2.77. The van der Waals surface area contributed by atoms with Crippen LogP contribution in [-0.4, -0.2) is 22.1 Å². The highest BCUT2D eigenvalue weighted by atomic mass is 35.5. The minimum Gasteiger partial charge on any atom is -0.305 e. The van der Waals surface area contributed by atoms with Crippen LogP contribution < -0.4 is 11.1 Å². The first-order chi connectivity index (χ1) is 11.6. The number of nitrogens with zero attached hydrogens (tertiary/aromatic N) is 2. The number of aromatic amines is 1. The Kier molecular flexibility index (Phi) is 4.83. The van der Waals surface area contributed by atoms with E-state index >= 15 is 0 Å². The van der Waals surface area contributed by atoms with Gasteiger partial charge in [-0.15, -0.1) is 11.3 Å². The van der Waals surface area contributed by atoms with Crippen LogP contribution in [0.15, 0.2) is 57.7 Å². The molecule has 2 N–H and O–H groups in total. The fourth-order valence-corrected chi connectivity index (χ4v) is 2.73. The van der Waals surface area contributed by atoms with Crippen molar-refractivity contribution in [3.63, 3.8) is 0 Å². The number of thiophene rings is 1. The fraction of sp³-hybridized carbons (Fsp3) is 0. The lowest BCUT2D eigenvalue weighted by molar-refractivity contribution is 0.0949. The van der Waals surface area contributed by atoms with E-state index in [4.69, 9.17) is 11.6 Å². The molecule has 1 aromatic carbocycles. The van der Waals surface area contributed by atoms with Crippen molar-refractivity contribution in [1.29, 1.82) is 0 Å². The smallest absolute Gasteiger partial charge is 0.305 e. The highest BCUT2D eigenvalue weighted by molar-refractivity contribution is 7.13. The second-order valence-electron chi connectivity index (χ2n) is 4.71. The number of hydrogen-bond donors (Lipinski definition) is 2. The molecule has 0 bridgehead atoms. The number of aromatic nitrogens is 2. The average Bonchev–Trinajstić information content (AvgIpc) is 3.10. The first kappa shape index (κ1) is 16.1. The van der Waals surface area contributed by atoms with E-state index in [1.54, 1.807) is 24.3 Å². The zero-order valence-corrected chi connectivity index (χ0v) is 13.8. The van der Waals surface area contributed by atoms with Gasteiger partial charge in [-0.2, -0.15) is 10.1 Å². The number of hydrogen-bond acceptors (Lipinski definition) is 5. The highest BCUT2D eigenvalue weighted by Crippen LogP contribution is 2.21. The molecule has 0 unspecified atom stereocenters. The van der Waals surface area contributed by atoms with Gasteiger partial charge in [0.1, 0.15) is 5.69 Å². The number of benzene rings is 1. The summed E-state index contributed by atoms with van der Waals surface area (Å²) in [6.45, 7) is 0. The summed E-state index contributed by atoms with van der Waals surface area (Å²) in [5.74, 6) is -0.566. The Balaban J connectivity index is 1.75. The minimum atomic E-state index is -0.590. The van der Waals surface area contributed by atoms with Crippen LogP contribution in [0.5, 0.6) is 0 Å². The van der Waals surface area contributed by atoms with Gasteiger partial charge in [0.25, 0.3) is 5.91 Å². The molecule has 0 saturated carbocycles. The number of carbonyl (C=O) groups excluding carboxylic acids is 1. The Morgan fingerprint density at radius 1 is 1.29 bits per heavy atom. The largest absolute Gasteiger partial charge is 0.346 e. The molecular formula is C16H11ClN4O2S. The van der Waals surface area contributed by atoms with Crippen LogP contribution in [0.3, 0.4) is 0 Å². The van der Waals surface area contributed by atoms with Gasteiger partial charge in [-0.3, -0.25) is 4.79 Å². The summed E-state index contributed by atoms with van der Waals surface area (Å²) in [5.41, 5.74) is 3.07. The average molecular weight is 359 g/mol. The Morgan fingerprint density at radius 3 is 2.79 bits per heavy atom. The summed E-state index contributed by atoms with van der Waals surface area (Å²) >= 11 is 7.25. The number of H-pyrrole nitrogens is 1. The maximum absolute atomic E-state index is 12.1. The third-order valence-electron chi connectivity index (χ3n) is 3.01. The van der Waals surface area contributed by atoms with E-state index in [0.29, 0.717) is 10.7 Å². The summed E-state index contributed by atoms with van der Waals surface area (Å²) < 4.78 is 0. The van der Waals surface area contributed by atoms with Crippen LogP contribution in [0, 0.1) is 0 Å². The monoisotopic (exact) mass is 358 g/mol. The molecule has 24 heavy (non-hydrogen) atoms. The summed E-state index contributed by atoms with van der Waals surface area (Å²) in [7, 11) is 0. The quantitative estimate of drug-likeness (QED) is 0.555. The SMILES string of the molecule is O=C(N/N=C/c1ccc(Cl)cc1)c1cc(-c2cccs2)[nH]c(=O)n1. The molecule has 1 amide bonds. The van der Waals surface area contributed by atoms with Crippen molar-refractivity contribution in [2.45, 2.75) is 0 Å². The molecule has 0 aliphatic carbocycles. The predicted octanol–water partition coefficient (Wildman–Crippen LogP) is 2.92. The second kappa shape index (κ2) is 7.20. The van der Waals surface area contributed by atoms with Gasteiger partial charge in [0.15, 0.2) is 0 Å². The Bertz CT molecular complexity index is 933. The van der Waals surface area contributed by atoms with Gasteiger partial charge >= 0.3 is 5.69 Å². The predicted molar refractivity (Wildman–Crippen MR) is 94.7 cm³/mol. The van der Waals surface area contributed by atoms with Crippen LogP contribution in [-0.2, 0) is 0 Å². The van der Waals surface area contributed by atoms with Crippen LogP contribution in [0.2, 0.25) is 5.02 Å². The first-order valence-corrected chi connectivity index (χ1v) is 8.12. The van der Waals surface area contributed by atoms with Crippen molar-refractivity contribution in [2.75, 3.05) is 0 Å². The summed E-state index contributed by atoms with van der Waals surface area (Å²) in [4.78, 5) is 30.9. The van der Waals surface area contributed by atoms with E-state index in [1.165, 1.54) is 23.6 Å². The number of nitrogens with one attached hydrogen (secondary N) is 2. The van der Waals surface area contributed by atoms with Gasteiger partial charge in [0.05, 0.1) is 16.8 Å². The van der Waals surface area contributed by atoms with Crippen LogP contribution >= 0.6 is 22.9 Å². The number of carbonyl (C=O) groups is 1. The number of hydrazone groups is 1. The van der Waals surface area contributed by atoms with Crippen molar-refractivity contribution in [3.8, 4) is 10.6 Å². The van der Waals surface area contributed by atoms with Gasteiger partial charge < -0.3 is 4.98 Å². The van der Waals surface area contributed by atoms with Crippen LogP contribution in [0.4, 0.5) is 0 Å². The lowest BCUT2D eigenvalue weighted by atomic mass is 10.2. The molecule has 2 heterocycles. The minimum absolute atomic E-state index is 0.00425. The van der Waals surface area contributed by atoms with Crippen LogP contribution in [0.1, 0.15) is 16.1 Å². The van der Waals surface area contributed by atoms with E-state index in [0.717, 1.165) is 10.4 Å². The summed E-state index contributed by atoms with van der Waals surface area (Å²) in [6.07, 6.45) is 1.47. The van der Waals surface area contributed by atoms with Crippen molar-refractivity contribution in [3.05, 3.63) is 74.6 Å². The van der Waals surface area contributed by atoms with Crippen molar-refractivity contribution < 1.29 is 4.79 Å². The Morgan fingerprint density at radius 2 is 2.08 bits per heavy atom. The van der Waals surface area contributed by atoms with Crippen molar-refractivity contribution in [1.82, 2.24) is 15.4 Å². The molecule has 6 nitrogen and oxygen atoms in total. The Labute approximate surface area is 145 Å². The molecule has 0 radical (unpaired) electrons. The summed E-state index contributed by atoms with van der Waals surface area (Å²) in [6, 6.07) is 12.2. The molecule has 0 atom stereocenters. The molecule has 0 spiro atoms. The van der Waals surface area contributed by atoms with Gasteiger partial charge in [-0.25, -0.2) is 10.2 Å². The normalized spacial score (nSPS) is 10.9. The summed E-state index contributed by atoms with van der Waals surface area (Å²) in [5, 5.41) is 6.35. The third kappa shape index (κ3) is 3.95. The molecule has 3 rings (SSSR count). The lowest BCUT2D eigenvalue weighted by Crippen LogP contribution is -2.24. The molecule has 0 saturated heterocycles. The zero-order chi connectivity index (χ0) is 16.9. The van der Waals surface area contributed by atoms with E-state index in [-0.39, 0.29) is 5.69 Å². The molecule has 0 aliphatic heterocycles. The van der Waals surface area contributed by atoms with Crippen LogP contribution in [0.25, 0.3) is 10.6 Å². The van der Waals surface area contributed by atoms with E-state index in [1.807, 2.05) is 17.5 Å². The first-order valence-electron chi connectivity index (χ1n) is 6.86. The molecule has 3 aromatic rings. The van der Waals surface area contributed by atoms with Gasteiger partial charge in [0, 0.05) is 5.02 Å². The highest BCUT2D eigenvalue weighted by Gasteiger charge is 2.10. The topological polar surface area (TPSA) is 87.2 Å². The van der Waals surface area contributed by atoms with Crippen molar-refractivity contribution in [2.24, 2.45) is 5.10 Å². The third-order valence-corrected chi connectivity index (χ3v) is 4.17. The standard InChI is InChI=1S/C16H11ClN4O2S/c17-11-5-3-10(4-6-11)9-18-21-15(22)13-8-12(19-16(23)20-13)14-2-1-7-24-14/h1-9H,(H,21,22)(H,19,20,23)/b18-9+. The number of amides is 1. The molecule has 120 valence electrons. The maximum Gasteiger partial charge on any atom is 0.346 e. The van der Waals surface area contributed by atoms with Gasteiger partial charge in [-0.1, -0.05) is 29.8 Å². The van der Waals surface area contributed by atoms with E-state index in [9.17, 15) is 9.59 Å². The number of halogens is 1. The fourth-order valence-electron chi connectivity index (χ4n) is 1.91. The van der Waals surface area contributed by atoms with Gasteiger partial charge in [0.2, 0.25) is 0 Å². The molecule has 2 aromatic heterocycles. The van der Waals surface area contributed by atoms with E-state index < -0.39 is 11.6 Å².